The lowest BCUT2D eigenvalue weighted by Gasteiger charge is -2.19. The van der Waals surface area contributed by atoms with Crippen molar-refractivity contribution in [2.24, 2.45) is 10.7 Å². The van der Waals surface area contributed by atoms with Gasteiger partial charge in [-0.05, 0) is 94.8 Å². The topological polar surface area (TPSA) is 62.2 Å². The first kappa shape index (κ1) is 43.1. The summed E-state index contributed by atoms with van der Waals surface area (Å²) >= 11 is 0. The van der Waals surface area contributed by atoms with Crippen LogP contribution in [-0.4, -0.2) is 12.9 Å². The molecule has 1 unspecified atom stereocenters. The summed E-state index contributed by atoms with van der Waals surface area (Å²) in [4.78, 5) is 3.69. The molecule has 0 amide bonds. The van der Waals surface area contributed by atoms with Crippen LogP contribution in [0.3, 0.4) is 0 Å². The SMILES string of the molecule is C/C=C\C(C=N)=C/C.C=C/C=C\C(=C)C(=C)/C(=C(\C=C)c1ccccc1)c1cc(C)cc(-c2ccccc2)c1.C=NC(N)c1ccccc1.CC. The monoisotopic (exact) mass is 673 g/mol. The zero-order chi connectivity index (χ0) is 38.0. The number of nitrogens with two attached hydrogens (primary N) is 1. The van der Waals surface area contributed by atoms with Crippen LogP contribution in [0, 0.1) is 12.3 Å². The van der Waals surface area contributed by atoms with Crippen LogP contribution in [0.2, 0.25) is 0 Å². The van der Waals surface area contributed by atoms with E-state index in [2.05, 4.69) is 99.5 Å². The van der Waals surface area contributed by atoms with E-state index in [1.54, 1.807) is 6.08 Å². The fourth-order valence-electron chi connectivity index (χ4n) is 4.82. The molecular weight excluding hydrogens is 619 g/mol. The van der Waals surface area contributed by atoms with Gasteiger partial charge in [-0.25, -0.2) is 0 Å². The van der Waals surface area contributed by atoms with Crippen LogP contribution in [0.4, 0.5) is 0 Å². The minimum atomic E-state index is -0.277. The first-order chi connectivity index (χ1) is 24.7. The quantitative estimate of drug-likeness (QED) is 0.0877. The van der Waals surface area contributed by atoms with Crippen molar-refractivity contribution in [3.8, 4) is 11.1 Å². The first-order valence-electron chi connectivity index (χ1n) is 17.1. The Bertz CT molecular complexity index is 1820. The lowest BCUT2D eigenvalue weighted by molar-refractivity contribution is 0.783. The van der Waals surface area contributed by atoms with E-state index in [0.717, 1.165) is 44.6 Å². The molecule has 0 saturated carbocycles. The van der Waals surface area contributed by atoms with E-state index >= 15 is 0 Å². The van der Waals surface area contributed by atoms with Gasteiger partial charge in [0.05, 0.1) is 0 Å². The summed E-state index contributed by atoms with van der Waals surface area (Å²) in [6, 6.07) is 37.0. The summed E-state index contributed by atoms with van der Waals surface area (Å²) in [7, 11) is 0. The number of rotatable bonds is 12. The summed E-state index contributed by atoms with van der Waals surface area (Å²) in [5, 5.41) is 6.82. The molecule has 0 saturated heterocycles. The van der Waals surface area contributed by atoms with Gasteiger partial charge in [-0.15, -0.1) is 0 Å². The van der Waals surface area contributed by atoms with Crippen LogP contribution in [0.5, 0.6) is 0 Å². The van der Waals surface area contributed by atoms with Crippen LogP contribution in [0.25, 0.3) is 22.3 Å². The molecule has 0 aromatic heterocycles. The lowest BCUT2D eigenvalue weighted by Crippen LogP contribution is -2.05. The third-order valence-corrected chi connectivity index (χ3v) is 7.35. The summed E-state index contributed by atoms with van der Waals surface area (Å²) in [5.41, 5.74) is 17.0. The number of benzene rings is 4. The largest absolute Gasteiger partial charge is 0.308 e. The van der Waals surface area contributed by atoms with Crippen LogP contribution in [0.1, 0.15) is 56.1 Å². The van der Waals surface area contributed by atoms with Crippen LogP contribution >= 0.6 is 0 Å². The molecule has 51 heavy (non-hydrogen) atoms. The summed E-state index contributed by atoms with van der Waals surface area (Å²) < 4.78 is 0. The van der Waals surface area contributed by atoms with Gasteiger partial charge in [-0.2, -0.15) is 0 Å². The number of aryl methyl sites for hydroxylation is 1. The molecule has 262 valence electrons. The number of hydrogen-bond donors (Lipinski definition) is 2. The summed E-state index contributed by atoms with van der Waals surface area (Å²) in [5.74, 6) is 0. The fraction of sp³-hybridized carbons (Fsp3) is 0.125. The Balaban J connectivity index is 0.000000530. The van der Waals surface area contributed by atoms with Crippen molar-refractivity contribution in [3.63, 3.8) is 0 Å². The lowest BCUT2D eigenvalue weighted by atomic mass is 9.85. The van der Waals surface area contributed by atoms with E-state index in [9.17, 15) is 0 Å². The first-order valence-corrected chi connectivity index (χ1v) is 17.1. The third kappa shape index (κ3) is 14.6. The maximum atomic E-state index is 6.82. The normalized spacial score (nSPS) is 11.6. The zero-order valence-electron chi connectivity index (χ0n) is 31.1. The van der Waals surface area contributed by atoms with Crippen LogP contribution in [-0.2, 0) is 0 Å². The molecule has 0 radical (unpaired) electrons. The molecule has 4 rings (SSSR count). The van der Waals surface area contributed by atoms with Gasteiger partial charge < -0.3 is 11.1 Å². The van der Waals surface area contributed by atoms with E-state index in [1.807, 2.05) is 119 Å². The van der Waals surface area contributed by atoms with E-state index in [4.69, 9.17) is 11.1 Å². The smallest absolute Gasteiger partial charge is 0.122 e. The van der Waals surface area contributed by atoms with Gasteiger partial charge in [0.25, 0.3) is 0 Å². The van der Waals surface area contributed by atoms with E-state index in [0.29, 0.717) is 0 Å². The fourth-order valence-corrected chi connectivity index (χ4v) is 4.82. The summed E-state index contributed by atoms with van der Waals surface area (Å²) in [6.45, 7) is 29.9. The molecule has 3 nitrogen and oxygen atoms in total. The molecule has 0 heterocycles. The van der Waals surface area contributed by atoms with Crippen LogP contribution in [0.15, 0.2) is 200 Å². The average Bonchev–Trinajstić information content (AvgIpc) is 3.19. The Morgan fingerprint density at radius 2 is 1.33 bits per heavy atom. The highest BCUT2D eigenvalue weighted by atomic mass is 14.9. The van der Waals surface area contributed by atoms with Crippen molar-refractivity contribution in [2.45, 2.75) is 40.8 Å². The van der Waals surface area contributed by atoms with Crippen molar-refractivity contribution in [1.82, 2.24) is 0 Å². The number of aliphatic imine (C=N–C) groups is 1. The molecule has 1 atom stereocenters. The van der Waals surface area contributed by atoms with Gasteiger partial charge in [0.1, 0.15) is 6.17 Å². The van der Waals surface area contributed by atoms with Gasteiger partial charge in [0, 0.05) is 6.21 Å². The minimum Gasteiger partial charge on any atom is -0.308 e. The van der Waals surface area contributed by atoms with Crippen molar-refractivity contribution < 1.29 is 0 Å². The number of allylic oxidation sites excluding steroid dienone is 12. The highest BCUT2D eigenvalue weighted by Crippen LogP contribution is 2.37. The number of hydrogen-bond acceptors (Lipinski definition) is 3. The Hall–Kier alpha value is -5.90. The van der Waals surface area contributed by atoms with Crippen LogP contribution < -0.4 is 5.73 Å². The highest BCUT2D eigenvalue weighted by molar-refractivity contribution is 6.04. The molecule has 3 N–H and O–H groups in total. The Morgan fingerprint density at radius 1 is 0.765 bits per heavy atom. The van der Waals surface area contributed by atoms with E-state index in [-0.39, 0.29) is 6.17 Å². The maximum absolute atomic E-state index is 6.82. The maximum Gasteiger partial charge on any atom is 0.122 e. The molecule has 3 heteroatoms. The van der Waals surface area contributed by atoms with Crippen molar-refractivity contribution >= 4 is 24.1 Å². The molecular formula is C48H55N3. The number of nitrogens with one attached hydrogen (secondary N) is 1. The Labute approximate surface area is 308 Å². The van der Waals surface area contributed by atoms with Gasteiger partial charge in [-0.3, -0.25) is 4.99 Å². The van der Waals surface area contributed by atoms with Gasteiger partial charge in [-0.1, -0.05) is 186 Å². The molecule has 0 spiro atoms. The molecule has 0 bridgehead atoms. The van der Waals surface area contributed by atoms with Gasteiger partial charge in [0.15, 0.2) is 0 Å². The molecule has 4 aromatic carbocycles. The van der Waals surface area contributed by atoms with Gasteiger partial charge >= 0.3 is 0 Å². The van der Waals surface area contributed by atoms with Gasteiger partial charge in [0.2, 0.25) is 0 Å². The minimum absolute atomic E-state index is 0.277. The third-order valence-electron chi connectivity index (χ3n) is 7.35. The Morgan fingerprint density at radius 3 is 1.80 bits per heavy atom. The standard InChI is InChI=1S/C31H28.C8H10N2.C7H11N.C2H6/c1-6-8-15-24(4)25(5)31(30(7-2)27-18-13-10-14-19-27)29-21-23(3)20-28(22-29)26-16-11-9-12-17-26;1-10-8(9)7-5-3-2-4-6-7;1-3-5-7(4-2)6-8;1-2/h6-22H,1-2,4-5H2,3H3;2-6,8H,1,9H2;3-6,8H,1-2H3;1-2H3/b15-8-,31-30-;;5-3-,7-4+,8-6?;. The van der Waals surface area contributed by atoms with Crippen molar-refractivity contribution in [2.75, 3.05) is 0 Å². The molecule has 0 fully saturated rings. The Kier molecular flexibility index (Phi) is 21.2. The van der Waals surface area contributed by atoms with E-state index in [1.165, 1.54) is 22.9 Å². The van der Waals surface area contributed by atoms with E-state index < -0.39 is 0 Å². The van der Waals surface area contributed by atoms with Crippen molar-refractivity contribution in [1.29, 1.82) is 5.41 Å². The second-order valence-corrected chi connectivity index (χ2v) is 10.9. The second kappa shape index (κ2) is 25.1. The molecule has 4 aromatic rings. The highest BCUT2D eigenvalue weighted by Gasteiger charge is 2.16. The predicted octanol–water partition coefficient (Wildman–Crippen LogP) is 13.1. The molecule has 0 aliphatic heterocycles. The second-order valence-electron chi connectivity index (χ2n) is 10.9. The summed E-state index contributed by atoms with van der Waals surface area (Å²) in [6.07, 6.45) is 14.2. The average molecular weight is 674 g/mol. The molecule has 0 aliphatic rings. The van der Waals surface area contributed by atoms with Crippen molar-refractivity contribution in [3.05, 3.63) is 217 Å². The molecule has 0 aliphatic carbocycles. The number of nitrogens with zero attached hydrogens (tertiary/aromatic N) is 1. The predicted molar refractivity (Wildman–Crippen MR) is 229 cm³/mol. The zero-order valence-corrected chi connectivity index (χ0v) is 31.1.